The molecule has 0 saturated heterocycles. The van der Waals surface area contributed by atoms with E-state index in [0.717, 1.165) is 10.9 Å². The van der Waals surface area contributed by atoms with Crippen LogP contribution in [0.5, 0.6) is 5.75 Å². The van der Waals surface area contributed by atoms with Crippen LogP contribution in [0.4, 0.5) is 5.69 Å². The first-order valence-corrected chi connectivity index (χ1v) is 11.2. The Bertz CT molecular complexity index is 928. The molecule has 2 aromatic carbocycles. The van der Waals surface area contributed by atoms with Crippen LogP contribution in [0.3, 0.4) is 0 Å². The summed E-state index contributed by atoms with van der Waals surface area (Å²) in [6, 6.07) is 11.1. The van der Waals surface area contributed by atoms with Crippen molar-refractivity contribution in [3.05, 3.63) is 52.5 Å². The summed E-state index contributed by atoms with van der Waals surface area (Å²) < 4.78 is 34.3. The standard InChI is InChI=1S/C20H25BrN2O4S/c1-5-17(13(2)3)22-20(24)14-6-11-18(27-4)19(12-14)28(25,26)23-16-9-7-15(21)8-10-16/h6-13,17,23H,5H2,1-4H3,(H,22,24). The molecule has 2 rings (SSSR count). The Hall–Kier alpha value is -2.06. The van der Waals surface area contributed by atoms with Crippen molar-refractivity contribution in [3.8, 4) is 5.75 Å². The number of carbonyl (C=O) groups is 1. The van der Waals surface area contributed by atoms with Crippen molar-refractivity contribution in [3.63, 3.8) is 0 Å². The number of carbonyl (C=O) groups excluding carboxylic acids is 1. The Kier molecular flexibility index (Phi) is 7.48. The quantitative estimate of drug-likeness (QED) is 0.600. The van der Waals surface area contributed by atoms with Gasteiger partial charge in [-0.2, -0.15) is 0 Å². The Balaban J connectivity index is 2.36. The molecule has 0 aliphatic heterocycles. The highest BCUT2D eigenvalue weighted by atomic mass is 79.9. The number of halogens is 1. The first-order chi connectivity index (χ1) is 13.2. The van der Waals surface area contributed by atoms with Gasteiger partial charge in [-0.1, -0.05) is 36.7 Å². The molecule has 8 heteroatoms. The number of hydrogen-bond acceptors (Lipinski definition) is 4. The number of anilines is 1. The number of rotatable bonds is 8. The zero-order valence-electron chi connectivity index (χ0n) is 16.3. The predicted molar refractivity (Wildman–Crippen MR) is 114 cm³/mol. The highest BCUT2D eigenvalue weighted by Gasteiger charge is 2.23. The van der Waals surface area contributed by atoms with Crippen LogP contribution in [0.25, 0.3) is 0 Å². The van der Waals surface area contributed by atoms with Crippen molar-refractivity contribution in [2.75, 3.05) is 11.8 Å². The van der Waals surface area contributed by atoms with Crippen LogP contribution in [0.1, 0.15) is 37.6 Å². The fraction of sp³-hybridized carbons (Fsp3) is 0.350. The van der Waals surface area contributed by atoms with Gasteiger partial charge in [0.05, 0.1) is 7.11 Å². The second kappa shape index (κ2) is 9.43. The van der Waals surface area contributed by atoms with Gasteiger partial charge in [0.1, 0.15) is 10.6 Å². The predicted octanol–water partition coefficient (Wildman–Crippen LogP) is 4.42. The molecule has 2 aromatic rings. The summed E-state index contributed by atoms with van der Waals surface area (Å²) >= 11 is 3.31. The van der Waals surface area contributed by atoms with E-state index in [1.807, 2.05) is 20.8 Å². The van der Waals surface area contributed by atoms with Crippen LogP contribution >= 0.6 is 15.9 Å². The molecule has 28 heavy (non-hydrogen) atoms. The van der Waals surface area contributed by atoms with Crippen molar-refractivity contribution in [2.24, 2.45) is 5.92 Å². The molecule has 1 atom stereocenters. The lowest BCUT2D eigenvalue weighted by atomic mass is 10.0. The number of benzene rings is 2. The molecule has 152 valence electrons. The van der Waals surface area contributed by atoms with E-state index in [4.69, 9.17) is 4.74 Å². The summed E-state index contributed by atoms with van der Waals surface area (Å²) in [7, 11) is -2.56. The second-order valence-electron chi connectivity index (χ2n) is 6.71. The molecule has 0 aliphatic carbocycles. The average molecular weight is 469 g/mol. The van der Waals surface area contributed by atoms with Gasteiger partial charge in [-0.15, -0.1) is 0 Å². The summed E-state index contributed by atoms with van der Waals surface area (Å²) in [5.74, 6) is 0.120. The molecule has 0 fully saturated rings. The van der Waals surface area contributed by atoms with Crippen molar-refractivity contribution >= 4 is 37.5 Å². The summed E-state index contributed by atoms with van der Waals surface area (Å²) in [4.78, 5) is 12.5. The zero-order valence-corrected chi connectivity index (χ0v) is 18.7. The normalized spacial score (nSPS) is 12.5. The van der Waals surface area contributed by atoms with E-state index < -0.39 is 10.0 Å². The van der Waals surface area contributed by atoms with Crippen LogP contribution in [0.15, 0.2) is 51.8 Å². The molecule has 0 heterocycles. The molecular weight excluding hydrogens is 444 g/mol. The number of amides is 1. The van der Waals surface area contributed by atoms with E-state index in [2.05, 4.69) is 26.0 Å². The van der Waals surface area contributed by atoms with Crippen LogP contribution in [0.2, 0.25) is 0 Å². The van der Waals surface area contributed by atoms with Gasteiger partial charge < -0.3 is 10.1 Å². The van der Waals surface area contributed by atoms with Gasteiger partial charge in [0.25, 0.3) is 15.9 Å². The first kappa shape index (κ1) is 22.2. The topological polar surface area (TPSA) is 84.5 Å². The number of hydrogen-bond donors (Lipinski definition) is 2. The third-order valence-corrected chi connectivity index (χ3v) is 6.30. The third-order valence-electron chi connectivity index (χ3n) is 4.37. The monoisotopic (exact) mass is 468 g/mol. The SMILES string of the molecule is CCC(NC(=O)c1ccc(OC)c(S(=O)(=O)Nc2ccc(Br)cc2)c1)C(C)C. The maximum Gasteiger partial charge on any atom is 0.265 e. The Morgan fingerprint density at radius 3 is 2.32 bits per heavy atom. The maximum absolute atomic E-state index is 12.9. The minimum Gasteiger partial charge on any atom is -0.495 e. The van der Waals surface area contributed by atoms with Crippen molar-refractivity contribution in [2.45, 2.75) is 38.1 Å². The molecule has 0 aliphatic rings. The molecule has 6 nitrogen and oxygen atoms in total. The molecule has 0 bridgehead atoms. The van der Waals surface area contributed by atoms with Crippen LogP contribution in [0, 0.1) is 5.92 Å². The van der Waals surface area contributed by atoms with Crippen molar-refractivity contribution < 1.29 is 17.9 Å². The molecule has 0 saturated carbocycles. The van der Waals surface area contributed by atoms with E-state index in [-0.39, 0.29) is 34.1 Å². The zero-order chi connectivity index (χ0) is 20.9. The van der Waals surface area contributed by atoms with E-state index >= 15 is 0 Å². The van der Waals surface area contributed by atoms with E-state index in [0.29, 0.717) is 5.69 Å². The highest BCUT2D eigenvalue weighted by Crippen LogP contribution is 2.27. The fourth-order valence-corrected chi connectivity index (χ4v) is 4.27. The van der Waals surface area contributed by atoms with Gasteiger partial charge in [0, 0.05) is 21.8 Å². The smallest absolute Gasteiger partial charge is 0.265 e. The van der Waals surface area contributed by atoms with E-state index in [9.17, 15) is 13.2 Å². The summed E-state index contributed by atoms with van der Waals surface area (Å²) in [5, 5.41) is 2.95. The number of nitrogens with one attached hydrogen (secondary N) is 2. The molecule has 1 unspecified atom stereocenters. The average Bonchev–Trinajstić information content (AvgIpc) is 2.66. The minimum absolute atomic E-state index is 0.00977. The Morgan fingerprint density at radius 1 is 1.14 bits per heavy atom. The lowest BCUT2D eigenvalue weighted by Gasteiger charge is -2.21. The van der Waals surface area contributed by atoms with Gasteiger partial charge >= 0.3 is 0 Å². The number of ether oxygens (including phenoxy) is 1. The van der Waals surface area contributed by atoms with Crippen molar-refractivity contribution in [1.29, 1.82) is 0 Å². The van der Waals surface area contributed by atoms with Crippen molar-refractivity contribution in [1.82, 2.24) is 5.32 Å². The van der Waals surface area contributed by atoms with E-state index in [1.54, 1.807) is 30.3 Å². The molecule has 2 N–H and O–H groups in total. The largest absolute Gasteiger partial charge is 0.495 e. The van der Waals surface area contributed by atoms with Gasteiger partial charge in [-0.3, -0.25) is 9.52 Å². The molecule has 0 aromatic heterocycles. The maximum atomic E-state index is 12.9. The summed E-state index contributed by atoms with van der Waals surface area (Å²) in [6.45, 7) is 6.05. The first-order valence-electron chi connectivity index (χ1n) is 8.95. The van der Waals surface area contributed by atoms with Crippen LogP contribution in [-0.4, -0.2) is 27.5 Å². The van der Waals surface area contributed by atoms with Gasteiger partial charge in [-0.05, 0) is 54.8 Å². The molecule has 0 radical (unpaired) electrons. The highest BCUT2D eigenvalue weighted by molar-refractivity contribution is 9.10. The van der Waals surface area contributed by atoms with Gasteiger partial charge in [0.15, 0.2) is 0 Å². The van der Waals surface area contributed by atoms with Crippen LogP contribution in [-0.2, 0) is 10.0 Å². The lowest BCUT2D eigenvalue weighted by Crippen LogP contribution is -2.38. The van der Waals surface area contributed by atoms with Gasteiger partial charge in [-0.25, -0.2) is 8.42 Å². The summed E-state index contributed by atoms with van der Waals surface area (Å²) in [5.41, 5.74) is 0.669. The Morgan fingerprint density at radius 2 is 1.79 bits per heavy atom. The third kappa shape index (κ3) is 5.48. The number of methoxy groups -OCH3 is 1. The lowest BCUT2D eigenvalue weighted by molar-refractivity contribution is 0.0924. The van der Waals surface area contributed by atoms with Gasteiger partial charge in [0.2, 0.25) is 0 Å². The number of sulfonamides is 1. The molecule has 1 amide bonds. The molecule has 0 spiro atoms. The second-order valence-corrected chi connectivity index (χ2v) is 9.28. The fourth-order valence-electron chi connectivity index (χ4n) is 2.75. The summed E-state index contributed by atoms with van der Waals surface area (Å²) in [6.07, 6.45) is 0.788. The Labute approximate surface area is 174 Å². The minimum atomic E-state index is -3.95. The van der Waals surface area contributed by atoms with E-state index in [1.165, 1.54) is 19.2 Å². The molecular formula is C20H25BrN2O4S. The van der Waals surface area contributed by atoms with Crippen LogP contribution < -0.4 is 14.8 Å².